The maximum absolute atomic E-state index is 12.5. The van der Waals surface area contributed by atoms with Crippen molar-refractivity contribution in [3.63, 3.8) is 0 Å². The van der Waals surface area contributed by atoms with Gasteiger partial charge in [0.1, 0.15) is 10.4 Å². The van der Waals surface area contributed by atoms with Gasteiger partial charge >= 0.3 is 0 Å². The minimum Gasteiger partial charge on any atom is -0.496 e. The molecule has 0 aliphatic heterocycles. The molecule has 1 aliphatic carbocycles. The molecule has 2 aromatic rings. The van der Waals surface area contributed by atoms with Gasteiger partial charge in [-0.15, -0.1) is 0 Å². The number of benzene rings is 1. The van der Waals surface area contributed by atoms with Crippen LogP contribution in [-0.4, -0.2) is 24.5 Å². The van der Waals surface area contributed by atoms with Crippen molar-refractivity contribution in [2.45, 2.75) is 31.1 Å². The van der Waals surface area contributed by atoms with Crippen LogP contribution in [0.3, 0.4) is 0 Å². The fourth-order valence-corrected chi connectivity index (χ4v) is 3.85. The molecule has 4 nitrogen and oxygen atoms in total. The first-order chi connectivity index (χ1) is 11.7. The van der Waals surface area contributed by atoms with Crippen molar-refractivity contribution in [3.8, 4) is 5.75 Å². The average molecular weight is 342 g/mol. The largest absolute Gasteiger partial charge is 0.496 e. The topological polar surface area (TPSA) is 54.1 Å². The second kappa shape index (κ2) is 7.18. The second-order valence-electron chi connectivity index (χ2n) is 6.28. The molecule has 0 bridgehead atoms. The quantitative estimate of drug-likeness (QED) is 0.808. The molecule has 1 fully saturated rings. The van der Waals surface area contributed by atoms with E-state index in [1.807, 2.05) is 18.2 Å². The van der Waals surface area contributed by atoms with Crippen molar-refractivity contribution in [3.05, 3.63) is 58.4 Å². The summed E-state index contributed by atoms with van der Waals surface area (Å²) in [6.45, 7) is 0.593. The van der Waals surface area contributed by atoms with Crippen LogP contribution in [0.5, 0.6) is 5.75 Å². The number of carbonyl (C=O) groups excluding carboxylic acids is 1. The fraction of sp³-hybridized carbons (Fsp3) is 0.368. The number of para-hydroxylation sites is 1. The van der Waals surface area contributed by atoms with Gasteiger partial charge in [-0.2, -0.15) is 0 Å². The molecule has 0 atom stereocenters. The summed E-state index contributed by atoms with van der Waals surface area (Å²) >= 11 is 5.20. The number of hydrogen-bond acceptors (Lipinski definition) is 3. The lowest BCUT2D eigenvalue weighted by Gasteiger charge is -2.31. The zero-order valence-electron chi connectivity index (χ0n) is 13.8. The Labute approximate surface area is 147 Å². The van der Waals surface area contributed by atoms with Gasteiger partial charge in [0.05, 0.1) is 12.7 Å². The highest BCUT2D eigenvalue weighted by Gasteiger charge is 2.38. The third kappa shape index (κ3) is 3.22. The van der Waals surface area contributed by atoms with Gasteiger partial charge in [-0.05, 0) is 31.0 Å². The second-order valence-corrected chi connectivity index (χ2v) is 6.69. The van der Waals surface area contributed by atoms with Gasteiger partial charge in [0.2, 0.25) is 0 Å². The number of rotatable bonds is 5. The zero-order chi connectivity index (χ0) is 17.0. The van der Waals surface area contributed by atoms with Crippen LogP contribution >= 0.6 is 12.2 Å². The lowest BCUT2D eigenvalue weighted by molar-refractivity contribution is 0.0942. The summed E-state index contributed by atoms with van der Waals surface area (Å²) in [4.78, 5) is 15.4. The molecule has 5 heteroatoms. The first kappa shape index (κ1) is 16.7. The normalized spacial score (nSPS) is 15.9. The number of carbonyl (C=O) groups is 1. The standard InChI is InChI=1S/C19H22N2O2S/c1-23-16-9-3-2-8-15(16)19(10-4-5-11-19)13-21-17(22)14-7-6-12-20-18(14)24/h2-3,6-9,12H,4-5,10-11,13H2,1H3,(H,20,24)(H,21,22). The molecule has 1 saturated carbocycles. The summed E-state index contributed by atoms with van der Waals surface area (Å²) in [5.74, 6) is 0.767. The maximum Gasteiger partial charge on any atom is 0.254 e. The van der Waals surface area contributed by atoms with E-state index >= 15 is 0 Å². The molecule has 3 rings (SSSR count). The molecule has 1 aliphatic rings. The van der Waals surface area contributed by atoms with Crippen LogP contribution in [0.4, 0.5) is 0 Å². The summed E-state index contributed by atoms with van der Waals surface area (Å²) < 4.78 is 6.02. The number of aromatic amines is 1. The Balaban J connectivity index is 1.84. The molecule has 1 amide bonds. The number of nitrogens with one attached hydrogen (secondary N) is 2. The minimum absolute atomic E-state index is 0.0671. The van der Waals surface area contributed by atoms with Gasteiger partial charge in [0.25, 0.3) is 5.91 Å². The monoisotopic (exact) mass is 342 g/mol. The van der Waals surface area contributed by atoms with Crippen LogP contribution in [0.1, 0.15) is 41.6 Å². The van der Waals surface area contributed by atoms with E-state index in [4.69, 9.17) is 17.0 Å². The molecule has 0 spiro atoms. The van der Waals surface area contributed by atoms with Gasteiger partial charge in [-0.3, -0.25) is 4.79 Å². The van der Waals surface area contributed by atoms with E-state index in [0.29, 0.717) is 16.7 Å². The molecular weight excluding hydrogens is 320 g/mol. The molecule has 1 aromatic carbocycles. The van der Waals surface area contributed by atoms with E-state index in [9.17, 15) is 4.79 Å². The highest BCUT2D eigenvalue weighted by Crippen LogP contribution is 2.44. The molecule has 1 aromatic heterocycles. The van der Waals surface area contributed by atoms with E-state index in [1.165, 1.54) is 18.4 Å². The number of amides is 1. The van der Waals surface area contributed by atoms with Crippen LogP contribution in [0.2, 0.25) is 0 Å². The molecule has 0 radical (unpaired) electrons. The van der Waals surface area contributed by atoms with Crippen LogP contribution in [0.25, 0.3) is 0 Å². The Morgan fingerprint density at radius 2 is 2.00 bits per heavy atom. The molecule has 126 valence electrons. The summed E-state index contributed by atoms with van der Waals surface area (Å²) in [6.07, 6.45) is 6.16. The first-order valence-electron chi connectivity index (χ1n) is 8.26. The zero-order valence-corrected chi connectivity index (χ0v) is 14.6. The highest BCUT2D eigenvalue weighted by molar-refractivity contribution is 7.71. The number of H-pyrrole nitrogens is 1. The number of hydrogen-bond donors (Lipinski definition) is 2. The van der Waals surface area contributed by atoms with Crippen molar-refractivity contribution in [2.75, 3.05) is 13.7 Å². The number of methoxy groups -OCH3 is 1. The van der Waals surface area contributed by atoms with Gasteiger partial charge in [0, 0.05) is 23.7 Å². The molecule has 2 N–H and O–H groups in total. The van der Waals surface area contributed by atoms with Gasteiger partial charge in [0.15, 0.2) is 0 Å². The molecular formula is C19H22N2O2S. The third-order valence-corrected chi connectivity index (χ3v) is 5.23. The maximum atomic E-state index is 12.5. The smallest absolute Gasteiger partial charge is 0.254 e. The number of aromatic nitrogens is 1. The van der Waals surface area contributed by atoms with E-state index in [2.05, 4.69) is 16.4 Å². The van der Waals surface area contributed by atoms with Crippen LogP contribution in [0.15, 0.2) is 42.6 Å². The van der Waals surface area contributed by atoms with Crippen LogP contribution in [-0.2, 0) is 5.41 Å². The van der Waals surface area contributed by atoms with Crippen molar-refractivity contribution < 1.29 is 9.53 Å². The lowest BCUT2D eigenvalue weighted by atomic mass is 9.78. The summed E-state index contributed by atoms with van der Waals surface area (Å²) in [5, 5.41) is 3.09. The van der Waals surface area contributed by atoms with Crippen molar-refractivity contribution >= 4 is 18.1 Å². The van der Waals surface area contributed by atoms with E-state index < -0.39 is 0 Å². The Morgan fingerprint density at radius 1 is 1.25 bits per heavy atom. The Hall–Kier alpha value is -2.14. The van der Waals surface area contributed by atoms with Gasteiger partial charge in [-0.1, -0.05) is 43.3 Å². The minimum atomic E-state index is -0.127. The van der Waals surface area contributed by atoms with E-state index in [1.54, 1.807) is 25.4 Å². The first-order valence-corrected chi connectivity index (χ1v) is 8.66. The third-order valence-electron chi connectivity index (χ3n) is 4.89. The van der Waals surface area contributed by atoms with Crippen molar-refractivity contribution in [1.82, 2.24) is 10.3 Å². The number of ether oxygens (including phenoxy) is 1. The van der Waals surface area contributed by atoms with Gasteiger partial charge < -0.3 is 15.0 Å². The summed E-state index contributed by atoms with van der Waals surface area (Å²) in [6, 6.07) is 11.7. The SMILES string of the molecule is COc1ccccc1C1(CNC(=O)c2ccc[nH]c2=S)CCCC1. The lowest BCUT2D eigenvalue weighted by Crippen LogP contribution is -2.39. The molecule has 0 saturated heterocycles. The summed E-state index contributed by atoms with van der Waals surface area (Å²) in [5.41, 5.74) is 1.63. The molecule has 24 heavy (non-hydrogen) atoms. The predicted molar refractivity (Wildman–Crippen MR) is 97.1 cm³/mol. The van der Waals surface area contributed by atoms with Gasteiger partial charge in [-0.25, -0.2) is 0 Å². The van der Waals surface area contributed by atoms with Crippen molar-refractivity contribution in [2.24, 2.45) is 0 Å². The van der Waals surface area contributed by atoms with E-state index in [0.717, 1.165) is 18.6 Å². The van der Waals surface area contributed by atoms with Crippen molar-refractivity contribution in [1.29, 1.82) is 0 Å². The van der Waals surface area contributed by atoms with Crippen LogP contribution in [0, 0.1) is 4.64 Å². The Kier molecular flexibility index (Phi) is 5.00. The predicted octanol–water partition coefficient (Wildman–Crippen LogP) is 3.99. The average Bonchev–Trinajstić information content (AvgIpc) is 3.10. The Morgan fingerprint density at radius 3 is 2.71 bits per heavy atom. The highest BCUT2D eigenvalue weighted by atomic mass is 32.1. The molecule has 1 heterocycles. The van der Waals surface area contributed by atoms with E-state index in [-0.39, 0.29) is 11.3 Å². The number of pyridine rings is 1. The summed E-state index contributed by atoms with van der Waals surface area (Å²) in [7, 11) is 1.70. The molecule has 0 unspecified atom stereocenters. The fourth-order valence-electron chi connectivity index (χ4n) is 3.62. The Bertz CT molecular complexity index is 779. The van der Waals surface area contributed by atoms with Crippen LogP contribution < -0.4 is 10.1 Å².